The van der Waals surface area contributed by atoms with E-state index in [9.17, 15) is 4.79 Å². The molecule has 0 aliphatic rings. The zero-order chi connectivity index (χ0) is 17.5. The summed E-state index contributed by atoms with van der Waals surface area (Å²) in [5, 5.41) is 6.41. The van der Waals surface area contributed by atoms with E-state index in [4.69, 9.17) is 4.74 Å². The van der Waals surface area contributed by atoms with Gasteiger partial charge < -0.3 is 15.4 Å². The van der Waals surface area contributed by atoms with Gasteiger partial charge in [0, 0.05) is 24.8 Å². The molecule has 1 amide bonds. The molecule has 0 bridgehead atoms. The molecule has 0 saturated carbocycles. The topological polar surface area (TPSA) is 63.2 Å². The van der Waals surface area contributed by atoms with Crippen LogP contribution < -0.4 is 10.6 Å². The standard InChI is InChI=1S/C18H31N3O2/c1-13(2)11-15(12-20-17(22)23-18(4,5)6)21-14(3)16-9-7-8-10-19-16/h7-10,13-15,21H,11-12H2,1-6H3,(H,20,22). The first-order chi connectivity index (χ1) is 10.7. The van der Waals surface area contributed by atoms with E-state index < -0.39 is 5.60 Å². The van der Waals surface area contributed by atoms with Crippen LogP contribution in [0.5, 0.6) is 0 Å². The van der Waals surface area contributed by atoms with E-state index in [2.05, 4.69) is 36.4 Å². The Morgan fingerprint density at radius 2 is 1.96 bits per heavy atom. The number of hydrogen-bond donors (Lipinski definition) is 2. The molecule has 1 aromatic heterocycles. The summed E-state index contributed by atoms with van der Waals surface area (Å²) in [5.41, 5.74) is 0.519. The van der Waals surface area contributed by atoms with E-state index in [-0.39, 0.29) is 18.2 Å². The third kappa shape index (κ3) is 8.55. The summed E-state index contributed by atoms with van der Waals surface area (Å²) in [6, 6.07) is 6.19. The number of ether oxygens (including phenoxy) is 1. The maximum atomic E-state index is 11.8. The van der Waals surface area contributed by atoms with Gasteiger partial charge in [0.05, 0.1) is 5.69 Å². The van der Waals surface area contributed by atoms with Gasteiger partial charge in [0.1, 0.15) is 5.60 Å². The number of aromatic nitrogens is 1. The summed E-state index contributed by atoms with van der Waals surface area (Å²) in [6.07, 6.45) is 2.38. The lowest BCUT2D eigenvalue weighted by atomic mass is 10.0. The van der Waals surface area contributed by atoms with Crippen molar-refractivity contribution in [1.29, 1.82) is 0 Å². The minimum Gasteiger partial charge on any atom is -0.444 e. The Bertz CT molecular complexity index is 469. The predicted octanol–water partition coefficient (Wildman–Crippen LogP) is 3.67. The van der Waals surface area contributed by atoms with Crippen LogP contribution in [0.15, 0.2) is 24.4 Å². The van der Waals surface area contributed by atoms with Crippen LogP contribution in [0.4, 0.5) is 4.79 Å². The molecule has 0 fully saturated rings. The highest BCUT2D eigenvalue weighted by Gasteiger charge is 2.19. The number of nitrogens with one attached hydrogen (secondary N) is 2. The minimum atomic E-state index is -0.480. The fourth-order valence-electron chi connectivity index (χ4n) is 2.37. The molecule has 0 saturated heterocycles. The van der Waals surface area contributed by atoms with Crippen molar-refractivity contribution in [2.24, 2.45) is 5.92 Å². The van der Waals surface area contributed by atoms with Crippen molar-refractivity contribution in [2.45, 2.75) is 65.6 Å². The number of hydrogen-bond acceptors (Lipinski definition) is 4. The van der Waals surface area contributed by atoms with Gasteiger partial charge in [0.25, 0.3) is 0 Å². The summed E-state index contributed by atoms with van der Waals surface area (Å²) in [7, 11) is 0. The molecule has 5 nitrogen and oxygen atoms in total. The lowest BCUT2D eigenvalue weighted by Crippen LogP contribution is -2.44. The Morgan fingerprint density at radius 1 is 1.26 bits per heavy atom. The molecule has 1 heterocycles. The van der Waals surface area contributed by atoms with Gasteiger partial charge >= 0.3 is 6.09 Å². The van der Waals surface area contributed by atoms with Crippen molar-refractivity contribution < 1.29 is 9.53 Å². The van der Waals surface area contributed by atoms with Gasteiger partial charge in [-0.25, -0.2) is 4.79 Å². The molecule has 2 atom stereocenters. The molecule has 0 aliphatic heterocycles. The van der Waals surface area contributed by atoms with Gasteiger partial charge in [-0.05, 0) is 52.2 Å². The van der Waals surface area contributed by atoms with E-state index in [1.165, 1.54) is 0 Å². The van der Waals surface area contributed by atoms with E-state index in [0.29, 0.717) is 12.5 Å². The SMILES string of the molecule is CC(C)CC(CNC(=O)OC(C)(C)C)NC(C)c1ccccn1. The van der Waals surface area contributed by atoms with Crippen molar-refractivity contribution in [3.05, 3.63) is 30.1 Å². The third-order valence-electron chi connectivity index (χ3n) is 3.26. The van der Waals surface area contributed by atoms with Crippen molar-refractivity contribution >= 4 is 6.09 Å². The second kappa shape index (κ2) is 8.87. The second-order valence-electron chi connectivity index (χ2n) is 7.35. The molecule has 23 heavy (non-hydrogen) atoms. The van der Waals surface area contributed by atoms with Crippen molar-refractivity contribution in [2.75, 3.05) is 6.54 Å². The van der Waals surface area contributed by atoms with Gasteiger partial charge in [0.15, 0.2) is 0 Å². The van der Waals surface area contributed by atoms with Crippen LogP contribution in [0.25, 0.3) is 0 Å². The van der Waals surface area contributed by atoms with Crippen LogP contribution in [0.2, 0.25) is 0 Å². The molecule has 2 unspecified atom stereocenters. The van der Waals surface area contributed by atoms with Crippen molar-refractivity contribution in [3.8, 4) is 0 Å². The number of amides is 1. The molecule has 1 aromatic rings. The Kier molecular flexibility index (Phi) is 7.49. The first-order valence-electron chi connectivity index (χ1n) is 8.31. The van der Waals surface area contributed by atoms with Crippen molar-refractivity contribution in [1.82, 2.24) is 15.6 Å². The largest absolute Gasteiger partial charge is 0.444 e. The summed E-state index contributed by atoms with van der Waals surface area (Å²) in [6.45, 7) is 12.5. The number of pyridine rings is 1. The number of alkyl carbamates (subject to hydrolysis) is 1. The van der Waals surface area contributed by atoms with Crippen LogP contribution in [0, 0.1) is 5.92 Å². The lowest BCUT2D eigenvalue weighted by Gasteiger charge is -2.26. The lowest BCUT2D eigenvalue weighted by molar-refractivity contribution is 0.0520. The first kappa shape index (κ1) is 19.4. The molecular formula is C18H31N3O2. The van der Waals surface area contributed by atoms with Crippen LogP contribution in [-0.2, 0) is 4.74 Å². The fourth-order valence-corrected chi connectivity index (χ4v) is 2.37. The number of rotatable bonds is 7. The van der Waals surface area contributed by atoms with E-state index in [0.717, 1.165) is 12.1 Å². The predicted molar refractivity (Wildman–Crippen MR) is 93.3 cm³/mol. The Labute approximate surface area is 140 Å². The molecule has 0 spiro atoms. The molecule has 1 rings (SSSR count). The van der Waals surface area contributed by atoms with Crippen LogP contribution in [0.3, 0.4) is 0 Å². The van der Waals surface area contributed by atoms with Crippen LogP contribution in [-0.4, -0.2) is 29.3 Å². The zero-order valence-electron chi connectivity index (χ0n) is 15.2. The maximum absolute atomic E-state index is 11.8. The summed E-state index contributed by atoms with van der Waals surface area (Å²) in [4.78, 5) is 16.2. The molecule has 130 valence electrons. The molecule has 5 heteroatoms. The van der Waals surface area contributed by atoms with Gasteiger partial charge in [-0.1, -0.05) is 19.9 Å². The number of carbonyl (C=O) groups is 1. The first-order valence-corrected chi connectivity index (χ1v) is 8.31. The average Bonchev–Trinajstić information content (AvgIpc) is 2.43. The molecule has 0 aromatic carbocycles. The highest BCUT2D eigenvalue weighted by atomic mass is 16.6. The van der Waals surface area contributed by atoms with Crippen molar-refractivity contribution in [3.63, 3.8) is 0 Å². The van der Waals surface area contributed by atoms with Crippen LogP contribution >= 0.6 is 0 Å². The Balaban J connectivity index is 2.57. The normalized spacial score (nSPS) is 14.4. The zero-order valence-corrected chi connectivity index (χ0v) is 15.2. The summed E-state index contributed by atoms with van der Waals surface area (Å²) < 4.78 is 5.29. The highest BCUT2D eigenvalue weighted by Crippen LogP contribution is 2.13. The quantitative estimate of drug-likeness (QED) is 0.804. The average molecular weight is 321 g/mol. The number of nitrogens with zero attached hydrogens (tertiary/aromatic N) is 1. The molecule has 2 N–H and O–H groups in total. The molecule has 0 radical (unpaired) electrons. The molecule has 0 aliphatic carbocycles. The highest BCUT2D eigenvalue weighted by molar-refractivity contribution is 5.67. The molecular weight excluding hydrogens is 290 g/mol. The summed E-state index contributed by atoms with van der Waals surface area (Å²) in [5.74, 6) is 0.531. The Hall–Kier alpha value is -1.62. The third-order valence-corrected chi connectivity index (χ3v) is 3.26. The smallest absolute Gasteiger partial charge is 0.407 e. The van der Waals surface area contributed by atoms with Gasteiger partial charge in [-0.15, -0.1) is 0 Å². The minimum absolute atomic E-state index is 0.125. The van der Waals surface area contributed by atoms with E-state index in [1.54, 1.807) is 6.20 Å². The second-order valence-corrected chi connectivity index (χ2v) is 7.35. The van der Waals surface area contributed by atoms with Gasteiger partial charge in [-0.2, -0.15) is 0 Å². The van der Waals surface area contributed by atoms with Gasteiger partial charge in [0.2, 0.25) is 0 Å². The van der Waals surface area contributed by atoms with E-state index >= 15 is 0 Å². The maximum Gasteiger partial charge on any atom is 0.407 e. The van der Waals surface area contributed by atoms with Crippen LogP contribution in [0.1, 0.15) is 59.7 Å². The fraction of sp³-hybridized carbons (Fsp3) is 0.667. The Morgan fingerprint density at radius 3 is 2.48 bits per heavy atom. The van der Waals surface area contributed by atoms with E-state index in [1.807, 2.05) is 39.0 Å². The monoisotopic (exact) mass is 321 g/mol. The number of carbonyl (C=O) groups excluding carboxylic acids is 1. The summed E-state index contributed by atoms with van der Waals surface area (Å²) >= 11 is 0. The van der Waals surface area contributed by atoms with Gasteiger partial charge in [-0.3, -0.25) is 4.98 Å².